The zero-order chi connectivity index (χ0) is 21.7. The number of aromatic nitrogens is 3. The number of rotatable bonds is 8. The number of hydrogen-bond donors (Lipinski definition) is 1. The Morgan fingerprint density at radius 3 is 2.67 bits per heavy atom. The fourth-order valence-electron chi connectivity index (χ4n) is 2.91. The van der Waals surface area contributed by atoms with Gasteiger partial charge in [-0.25, -0.2) is 0 Å². The highest BCUT2D eigenvalue weighted by Gasteiger charge is 2.18. The maximum atomic E-state index is 12.3. The van der Waals surface area contributed by atoms with Gasteiger partial charge >= 0.3 is 0 Å². The van der Waals surface area contributed by atoms with Crippen LogP contribution in [-0.2, 0) is 18.3 Å². The number of hydrogen-bond acceptors (Lipinski definition) is 5. The van der Waals surface area contributed by atoms with Gasteiger partial charge in [0.25, 0.3) is 0 Å². The lowest BCUT2D eigenvalue weighted by atomic mass is 10.2. The van der Waals surface area contributed by atoms with Gasteiger partial charge in [-0.3, -0.25) is 4.79 Å². The summed E-state index contributed by atoms with van der Waals surface area (Å²) in [7, 11) is 1.87. The number of thioether (sulfide) groups is 1. The number of halogens is 1. The molecule has 1 amide bonds. The molecule has 3 aromatic rings. The van der Waals surface area contributed by atoms with Crippen LogP contribution in [0, 0.1) is 6.92 Å². The molecule has 0 aliphatic carbocycles. The monoisotopic (exact) mass is 444 g/mol. The lowest BCUT2D eigenvalue weighted by Gasteiger charge is -2.14. The van der Waals surface area contributed by atoms with E-state index in [1.807, 2.05) is 43.7 Å². The summed E-state index contributed by atoms with van der Waals surface area (Å²) in [5.74, 6) is 1.57. The molecule has 2 aromatic carbocycles. The smallest absolute Gasteiger partial charge is 0.234 e. The molecule has 1 heterocycles. The highest BCUT2D eigenvalue weighted by molar-refractivity contribution is 7.99. The quantitative estimate of drug-likeness (QED) is 0.483. The van der Waals surface area contributed by atoms with Crippen LogP contribution in [0.5, 0.6) is 5.75 Å². The van der Waals surface area contributed by atoms with Gasteiger partial charge in [0.05, 0.1) is 5.75 Å². The number of carbonyl (C=O) groups is 1. The average molecular weight is 445 g/mol. The Kier molecular flexibility index (Phi) is 7.39. The Morgan fingerprint density at radius 2 is 1.97 bits per heavy atom. The number of amides is 1. The Labute approximate surface area is 186 Å². The van der Waals surface area contributed by atoms with Crippen molar-refractivity contribution in [1.29, 1.82) is 0 Å². The van der Waals surface area contributed by atoms with Crippen LogP contribution in [-0.4, -0.2) is 26.4 Å². The molecule has 0 aliphatic rings. The molecule has 8 heteroatoms. The summed E-state index contributed by atoms with van der Waals surface area (Å²) in [6, 6.07) is 13.4. The number of aryl methyl sites for hydroxylation is 2. The Balaban J connectivity index is 1.59. The first kappa shape index (κ1) is 22.2. The van der Waals surface area contributed by atoms with Crippen molar-refractivity contribution in [2.45, 2.75) is 38.5 Å². The van der Waals surface area contributed by atoms with Gasteiger partial charge in [-0.1, -0.05) is 48.5 Å². The Morgan fingerprint density at radius 1 is 1.23 bits per heavy atom. The molecular weight excluding hydrogens is 420 g/mol. The number of nitrogens with zero attached hydrogens (tertiary/aromatic N) is 3. The summed E-state index contributed by atoms with van der Waals surface area (Å²) < 4.78 is 7.85. The second kappa shape index (κ2) is 10.00. The molecule has 1 N–H and O–H groups in total. The normalized spacial score (nSPS) is 11.9. The third-order valence-electron chi connectivity index (χ3n) is 4.68. The predicted octanol–water partition coefficient (Wildman–Crippen LogP) is 5.21. The van der Waals surface area contributed by atoms with Gasteiger partial charge in [0.2, 0.25) is 5.91 Å². The topological polar surface area (TPSA) is 69.0 Å². The molecule has 1 atom stereocenters. The molecule has 0 fully saturated rings. The lowest BCUT2D eigenvalue weighted by Crippen LogP contribution is -2.15. The molecule has 158 valence electrons. The Bertz CT molecular complexity index is 1020. The molecule has 30 heavy (non-hydrogen) atoms. The number of anilines is 1. The SMILES string of the molecule is CCc1ccc(OC(C)c2nnc(SCC(=O)Nc3cc(Cl)ccc3C)n2C)cc1. The summed E-state index contributed by atoms with van der Waals surface area (Å²) in [6.07, 6.45) is 0.719. The minimum Gasteiger partial charge on any atom is -0.483 e. The van der Waals surface area contributed by atoms with Crippen LogP contribution in [0.25, 0.3) is 0 Å². The van der Waals surface area contributed by atoms with Crippen LogP contribution < -0.4 is 10.1 Å². The maximum Gasteiger partial charge on any atom is 0.234 e. The molecule has 3 rings (SSSR count). The van der Waals surface area contributed by atoms with Gasteiger partial charge in [-0.15, -0.1) is 10.2 Å². The first-order valence-corrected chi connectivity index (χ1v) is 11.1. The molecule has 0 radical (unpaired) electrons. The zero-order valence-corrected chi connectivity index (χ0v) is 19.0. The van der Waals surface area contributed by atoms with E-state index in [4.69, 9.17) is 16.3 Å². The number of nitrogens with one attached hydrogen (secondary N) is 1. The van der Waals surface area contributed by atoms with Crippen molar-refractivity contribution in [3.63, 3.8) is 0 Å². The number of carbonyl (C=O) groups excluding carboxylic acids is 1. The molecule has 0 bridgehead atoms. The minimum atomic E-state index is -0.271. The second-order valence-electron chi connectivity index (χ2n) is 6.95. The van der Waals surface area contributed by atoms with Crippen molar-refractivity contribution in [3.8, 4) is 5.75 Å². The molecular formula is C22H25ClN4O2S. The van der Waals surface area contributed by atoms with Crippen LogP contribution in [0.1, 0.15) is 36.9 Å². The highest BCUT2D eigenvalue weighted by Crippen LogP contribution is 2.25. The lowest BCUT2D eigenvalue weighted by molar-refractivity contribution is -0.113. The number of ether oxygens (including phenoxy) is 1. The van der Waals surface area contributed by atoms with Crippen LogP contribution in [0.2, 0.25) is 5.02 Å². The van der Waals surface area contributed by atoms with E-state index >= 15 is 0 Å². The van der Waals surface area contributed by atoms with E-state index in [-0.39, 0.29) is 17.8 Å². The van der Waals surface area contributed by atoms with Crippen LogP contribution in [0.4, 0.5) is 5.69 Å². The molecule has 0 spiro atoms. The van der Waals surface area contributed by atoms with Gasteiger partial charge < -0.3 is 14.6 Å². The Hall–Kier alpha value is -2.51. The number of benzene rings is 2. The van der Waals surface area contributed by atoms with Crippen molar-refractivity contribution >= 4 is 35.0 Å². The summed E-state index contributed by atoms with van der Waals surface area (Å²) in [6.45, 7) is 5.97. The van der Waals surface area contributed by atoms with E-state index in [1.165, 1.54) is 17.3 Å². The third kappa shape index (κ3) is 5.55. The summed E-state index contributed by atoms with van der Waals surface area (Å²) >= 11 is 7.33. The first-order chi connectivity index (χ1) is 14.4. The van der Waals surface area contributed by atoms with Crippen molar-refractivity contribution in [1.82, 2.24) is 14.8 Å². The zero-order valence-electron chi connectivity index (χ0n) is 17.5. The van der Waals surface area contributed by atoms with Crippen molar-refractivity contribution < 1.29 is 9.53 Å². The maximum absolute atomic E-state index is 12.3. The third-order valence-corrected chi connectivity index (χ3v) is 5.94. The fourth-order valence-corrected chi connectivity index (χ4v) is 3.80. The van der Waals surface area contributed by atoms with Crippen molar-refractivity contribution in [2.75, 3.05) is 11.1 Å². The van der Waals surface area contributed by atoms with E-state index < -0.39 is 0 Å². The summed E-state index contributed by atoms with van der Waals surface area (Å²) in [5, 5.41) is 12.6. The molecule has 1 unspecified atom stereocenters. The molecule has 0 saturated carbocycles. The van der Waals surface area contributed by atoms with Gasteiger partial charge in [-0.05, 0) is 55.7 Å². The van der Waals surface area contributed by atoms with E-state index in [0.717, 1.165) is 17.7 Å². The van der Waals surface area contributed by atoms with E-state index in [9.17, 15) is 4.79 Å². The van der Waals surface area contributed by atoms with Gasteiger partial charge in [0.15, 0.2) is 17.1 Å². The highest BCUT2D eigenvalue weighted by atomic mass is 35.5. The molecule has 0 saturated heterocycles. The average Bonchev–Trinajstić information content (AvgIpc) is 3.10. The minimum absolute atomic E-state index is 0.129. The van der Waals surface area contributed by atoms with E-state index in [1.54, 1.807) is 12.1 Å². The fraction of sp³-hybridized carbons (Fsp3) is 0.318. The van der Waals surface area contributed by atoms with Crippen molar-refractivity contribution in [3.05, 3.63) is 64.4 Å². The van der Waals surface area contributed by atoms with Crippen LogP contribution >= 0.6 is 23.4 Å². The van der Waals surface area contributed by atoms with Crippen LogP contribution in [0.3, 0.4) is 0 Å². The molecule has 0 aliphatic heterocycles. The summed E-state index contributed by atoms with van der Waals surface area (Å²) in [4.78, 5) is 12.3. The first-order valence-electron chi connectivity index (χ1n) is 9.71. The largest absolute Gasteiger partial charge is 0.483 e. The summed E-state index contributed by atoms with van der Waals surface area (Å²) in [5.41, 5.74) is 2.93. The second-order valence-corrected chi connectivity index (χ2v) is 8.33. The standard InChI is InChI=1S/C22H25ClN4O2S/c1-5-16-7-10-18(11-8-16)29-15(3)21-25-26-22(27(21)4)30-13-20(28)24-19-12-17(23)9-6-14(19)2/h6-12,15H,5,13H2,1-4H3,(H,24,28). The molecule has 6 nitrogen and oxygen atoms in total. The van der Waals surface area contributed by atoms with Gasteiger partial charge in [0, 0.05) is 17.8 Å². The van der Waals surface area contributed by atoms with Gasteiger partial charge in [0.1, 0.15) is 5.75 Å². The molecule has 1 aromatic heterocycles. The van der Waals surface area contributed by atoms with Crippen molar-refractivity contribution in [2.24, 2.45) is 7.05 Å². The van der Waals surface area contributed by atoms with E-state index in [2.05, 4.69) is 34.6 Å². The predicted molar refractivity (Wildman–Crippen MR) is 121 cm³/mol. The van der Waals surface area contributed by atoms with Crippen LogP contribution in [0.15, 0.2) is 47.6 Å². The van der Waals surface area contributed by atoms with E-state index in [0.29, 0.717) is 21.7 Å². The van der Waals surface area contributed by atoms with Gasteiger partial charge in [-0.2, -0.15) is 0 Å².